The fourth-order valence-electron chi connectivity index (χ4n) is 0.990. The van der Waals surface area contributed by atoms with E-state index in [9.17, 15) is 0 Å². The summed E-state index contributed by atoms with van der Waals surface area (Å²) >= 11 is 0. The van der Waals surface area contributed by atoms with Crippen LogP contribution in [0, 0.1) is 0 Å². The zero-order valence-electron chi connectivity index (χ0n) is 7.92. The third-order valence-electron chi connectivity index (χ3n) is 1.65. The Kier molecular flexibility index (Phi) is 2.97. The van der Waals surface area contributed by atoms with Gasteiger partial charge in [-0.25, -0.2) is 9.97 Å². The molecule has 0 saturated heterocycles. The Bertz CT molecular complexity index is 386. The minimum absolute atomic E-state index is 0.751. The Morgan fingerprint density at radius 3 is 1.87 bits per heavy atom. The van der Waals surface area contributed by atoms with Gasteiger partial charge in [-0.1, -0.05) is 0 Å². The van der Waals surface area contributed by atoms with E-state index in [4.69, 9.17) is 4.74 Å². The SMILES string of the molecule is C(=Cc1ncc[nH]1)OC=Cc1ncc[nH]1. The van der Waals surface area contributed by atoms with Crippen LogP contribution >= 0.6 is 0 Å². The van der Waals surface area contributed by atoms with Crippen LogP contribution in [0.2, 0.25) is 0 Å². The molecule has 0 aliphatic rings. The first-order valence-corrected chi connectivity index (χ1v) is 4.42. The highest BCUT2D eigenvalue weighted by atomic mass is 16.5. The minimum atomic E-state index is 0.751. The molecule has 2 aromatic heterocycles. The average Bonchev–Trinajstić information content (AvgIpc) is 2.88. The van der Waals surface area contributed by atoms with Gasteiger partial charge in [0.15, 0.2) is 0 Å². The quantitative estimate of drug-likeness (QED) is 0.743. The molecule has 2 N–H and O–H groups in total. The van der Waals surface area contributed by atoms with Crippen molar-refractivity contribution in [3.05, 3.63) is 49.0 Å². The molecule has 5 heteroatoms. The minimum Gasteiger partial charge on any atom is -0.472 e. The van der Waals surface area contributed by atoms with Crippen molar-refractivity contribution in [2.24, 2.45) is 0 Å². The van der Waals surface area contributed by atoms with E-state index in [1.165, 1.54) is 12.5 Å². The lowest BCUT2D eigenvalue weighted by Crippen LogP contribution is -1.75. The summed E-state index contributed by atoms with van der Waals surface area (Å²) in [5, 5.41) is 0. The van der Waals surface area contributed by atoms with Gasteiger partial charge in [0.1, 0.15) is 11.6 Å². The summed E-state index contributed by atoms with van der Waals surface area (Å²) in [4.78, 5) is 13.8. The van der Waals surface area contributed by atoms with Gasteiger partial charge < -0.3 is 14.7 Å². The first-order valence-electron chi connectivity index (χ1n) is 4.42. The molecule has 0 aliphatic heterocycles. The van der Waals surface area contributed by atoms with E-state index in [0.717, 1.165) is 11.6 Å². The Morgan fingerprint density at radius 2 is 1.47 bits per heavy atom. The highest BCUT2D eigenvalue weighted by Gasteiger charge is 1.85. The van der Waals surface area contributed by atoms with Crippen LogP contribution in [0.25, 0.3) is 12.2 Å². The number of nitrogens with one attached hydrogen (secondary N) is 2. The molecule has 0 bridgehead atoms. The molecule has 2 heterocycles. The highest BCUT2D eigenvalue weighted by Crippen LogP contribution is 1.95. The molecule has 5 nitrogen and oxygen atoms in total. The first kappa shape index (κ1) is 9.26. The van der Waals surface area contributed by atoms with Crippen LogP contribution in [0.3, 0.4) is 0 Å². The Labute approximate surface area is 86.5 Å². The fraction of sp³-hybridized carbons (Fsp3) is 0. The van der Waals surface area contributed by atoms with E-state index in [1.807, 2.05) is 0 Å². The molecule has 2 aromatic rings. The standard InChI is InChI=1S/C10H10N4O/c1(9-11-3-4-12-9)7-15-8-2-10-13-5-6-14-10/h1-8H,(H,11,12)(H,13,14). The van der Waals surface area contributed by atoms with Gasteiger partial charge in [-0.05, 0) is 0 Å². The predicted octanol–water partition coefficient (Wildman–Crippen LogP) is 1.79. The van der Waals surface area contributed by atoms with Gasteiger partial charge in [-0.2, -0.15) is 0 Å². The molecule has 0 amide bonds. The molecule has 0 radical (unpaired) electrons. The number of aromatic nitrogens is 4. The lowest BCUT2D eigenvalue weighted by atomic mass is 10.6. The summed E-state index contributed by atoms with van der Waals surface area (Å²) in [6.07, 6.45) is 13.4. The lowest BCUT2D eigenvalue weighted by molar-refractivity contribution is 0.409. The second-order valence-electron chi connectivity index (χ2n) is 2.69. The second kappa shape index (κ2) is 4.80. The molecule has 0 atom stereocenters. The summed E-state index contributed by atoms with van der Waals surface area (Å²) in [5.74, 6) is 1.50. The smallest absolute Gasteiger partial charge is 0.133 e. The van der Waals surface area contributed by atoms with Crippen molar-refractivity contribution < 1.29 is 4.74 Å². The molecule has 0 unspecified atom stereocenters. The molecule has 0 aliphatic carbocycles. The van der Waals surface area contributed by atoms with Gasteiger partial charge >= 0.3 is 0 Å². The van der Waals surface area contributed by atoms with Crippen LogP contribution in [0.4, 0.5) is 0 Å². The van der Waals surface area contributed by atoms with Gasteiger partial charge in [0.2, 0.25) is 0 Å². The van der Waals surface area contributed by atoms with Gasteiger partial charge in [-0.3, -0.25) is 0 Å². The zero-order chi connectivity index (χ0) is 10.3. The topological polar surface area (TPSA) is 66.6 Å². The third-order valence-corrected chi connectivity index (χ3v) is 1.65. The molecule has 0 fully saturated rings. The molecule has 0 aromatic carbocycles. The van der Waals surface area contributed by atoms with Crippen molar-refractivity contribution in [2.75, 3.05) is 0 Å². The molecule has 15 heavy (non-hydrogen) atoms. The van der Waals surface area contributed by atoms with Crippen molar-refractivity contribution in [1.82, 2.24) is 19.9 Å². The van der Waals surface area contributed by atoms with Crippen LogP contribution in [0.15, 0.2) is 37.3 Å². The van der Waals surface area contributed by atoms with Crippen molar-refractivity contribution in [2.45, 2.75) is 0 Å². The number of ether oxygens (including phenoxy) is 1. The van der Waals surface area contributed by atoms with E-state index in [1.54, 1.807) is 36.9 Å². The molecular weight excluding hydrogens is 192 g/mol. The number of H-pyrrole nitrogens is 2. The lowest BCUT2D eigenvalue weighted by Gasteiger charge is -1.88. The van der Waals surface area contributed by atoms with Crippen LogP contribution in [-0.2, 0) is 4.74 Å². The number of nitrogens with zero attached hydrogens (tertiary/aromatic N) is 2. The van der Waals surface area contributed by atoms with E-state index in [0.29, 0.717) is 0 Å². The molecule has 76 valence electrons. The number of hydrogen-bond acceptors (Lipinski definition) is 3. The number of aromatic amines is 2. The van der Waals surface area contributed by atoms with E-state index >= 15 is 0 Å². The van der Waals surface area contributed by atoms with Crippen molar-refractivity contribution in [3.8, 4) is 0 Å². The third kappa shape index (κ3) is 2.84. The second-order valence-corrected chi connectivity index (χ2v) is 2.69. The summed E-state index contributed by atoms with van der Waals surface area (Å²) in [7, 11) is 0. The summed E-state index contributed by atoms with van der Waals surface area (Å²) in [5.41, 5.74) is 0. The van der Waals surface area contributed by atoms with Crippen LogP contribution in [0.1, 0.15) is 11.6 Å². The van der Waals surface area contributed by atoms with Crippen molar-refractivity contribution >= 4 is 12.2 Å². The summed E-state index contributed by atoms with van der Waals surface area (Å²) in [6.45, 7) is 0. The maximum absolute atomic E-state index is 5.10. The van der Waals surface area contributed by atoms with Crippen LogP contribution in [-0.4, -0.2) is 19.9 Å². The van der Waals surface area contributed by atoms with Gasteiger partial charge in [0.25, 0.3) is 0 Å². The Hall–Kier alpha value is -2.30. The van der Waals surface area contributed by atoms with Gasteiger partial charge in [0, 0.05) is 36.9 Å². The largest absolute Gasteiger partial charge is 0.472 e. The number of hydrogen-bond donors (Lipinski definition) is 2. The zero-order valence-corrected chi connectivity index (χ0v) is 7.92. The van der Waals surface area contributed by atoms with Crippen molar-refractivity contribution in [1.29, 1.82) is 0 Å². The molecule has 0 saturated carbocycles. The molecular formula is C10H10N4O. The maximum Gasteiger partial charge on any atom is 0.133 e. The van der Waals surface area contributed by atoms with E-state index in [2.05, 4.69) is 19.9 Å². The Balaban J connectivity index is 1.80. The number of imidazole rings is 2. The maximum atomic E-state index is 5.10. The normalized spacial score (nSPS) is 11.5. The van der Waals surface area contributed by atoms with Crippen LogP contribution < -0.4 is 0 Å². The highest BCUT2D eigenvalue weighted by molar-refractivity contribution is 5.39. The van der Waals surface area contributed by atoms with Gasteiger partial charge in [0.05, 0.1) is 12.5 Å². The Morgan fingerprint density at radius 1 is 0.933 bits per heavy atom. The molecule has 2 rings (SSSR count). The van der Waals surface area contributed by atoms with E-state index < -0.39 is 0 Å². The fourth-order valence-corrected chi connectivity index (χ4v) is 0.990. The van der Waals surface area contributed by atoms with Crippen LogP contribution in [0.5, 0.6) is 0 Å². The van der Waals surface area contributed by atoms with Gasteiger partial charge in [-0.15, -0.1) is 0 Å². The summed E-state index contributed by atoms with van der Waals surface area (Å²) in [6, 6.07) is 0. The monoisotopic (exact) mass is 202 g/mol. The molecule has 0 spiro atoms. The van der Waals surface area contributed by atoms with Crippen molar-refractivity contribution in [3.63, 3.8) is 0 Å². The average molecular weight is 202 g/mol. The summed E-state index contributed by atoms with van der Waals surface area (Å²) < 4.78 is 5.10. The number of rotatable bonds is 4. The van der Waals surface area contributed by atoms with E-state index in [-0.39, 0.29) is 0 Å². The predicted molar refractivity (Wildman–Crippen MR) is 56.3 cm³/mol. The first-order chi connectivity index (χ1) is 7.45.